The van der Waals surface area contributed by atoms with Crippen LogP contribution in [0.5, 0.6) is 0 Å². The number of hydrogen-bond acceptors (Lipinski definition) is 11. The molecule has 1 aromatic rings. The smallest absolute Gasteiger partial charge is 0.331 e. The minimum Gasteiger partial charge on any atom is -0.472 e. The first-order valence-corrected chi connectivity index (χ1v) is 11.4. The summed E-state index contributed by atoms with van der Waals surface area (Å²) in [5.41, 5.74) is -0.262. The van der Waals surface area contributed by atoms with Gasteiger partial charge in [-0.25, -0.2) is 4.79 Å². The number of benzene rings is 1. The number of aliphatic hydroxyl groups excluding tert-OH is 5. The fraction of sp³-hybridized carbons (Fsp3) is 0.542. The fourth-order valence-electron chi connectivity index (χ4n) is 5.19. The normalized spacial score (nSPS) is 43.9. The maximum Gasteiger partial charge on any atom is 0.331 e. The van der Waals surface area contributed by atoms with Crippen LogP contribution in [0.4, 0.5) is 0 Å². The Bertz CT molecular complexity index is 965. The molecule has 11 heteroatoms. The SMILES string of the molecule is O=C(/C=C/c1ccccc1)O[C@H]1[C@@H]2C=CO[C@@H](O[C@@H]3O[C@H](CO)[C@@H](O)[C@H](O)[C@H]3O)[C@@H]2C2(CO)O[C@@H]12. The van der Waals surface area contributed by atoms with Crippen LogP contribution in [-0.2, 0) is 28.5 Å². The highest BCUT2D eigenvalue weighted by Gasteiger charge is 2.77. The molecule has 5 rings (SSSR count). The highest BCUT2D eigenvalue weighted by Crippen LogP contribution is 2.60. The van der Waals surface area contributed by atoms with E-state index in [0.717, 1.165) is 5.56 Å². The van der Waals surface area contributed by atoms with Gasteiger partial charge in [0.25, 0.3) is 0 Å². The highest BCUT2D eigenvalue weighted by atomic mass is 16.8. The van der Waals surface area contributed by atoms with E-state index in [2.05, 4.69) is 0 Å². The van der Waals surface area contributed by atoms with Gasteiger partial charge in [0, 0.05) is 12.0 Å². The van der Waals surface area contributed by atoms with Crippen LogP contribution in [0.15, 0.2) is 48.7 Å². The van der Waals surface area contributed by atoms with E-state index in [1.165, 1.54) is 12.3 Å². The second kappa shape index (κ2) is 9.60. The van der Waals surface area contributed by atoms with Crippen molar-refractivity contribution in [3.63, 3.8) is 0 Å². The summed E-state index contributed by atoms with van der Waals surface area (Å²) in [4.78, 5) is 12.5. The Kier molecular flexibility index (Phi) is 6.68. The van der Waals surface area contributed by atoms with Crippen LogP contribution in [0.25, 0.3) is 6.08 Å². The second-order valence-corrected chi connectivity index (χ2v) is 9.07. The molecule has 0 aromatic heterocycles. The Morgan fingerprint density at radius 1 is 1.06 bits per heavy atom. The van der Waals surface area contributed by atoms with Gasteiger partial charge in [0.15, 0.2) is 6.29 Å². The van der Waals surface area contributed by atoms with Crippen LogP contribution < -0.4 is 0 Å². The molecular weight excluding hydrogens is 464 g/mol. The van der Waals surface area contributed by atoms with E-state index >= 15 is 0 Å². The zero-order valence-electron chi connectivity index (χ0n) is 18.6. The van der Waals surface area contributed by atoms with Crippen molar-refractivity contribution >= 4 is 12.0 Å². The molecule has 0 radical (unpaired) electrons. The van der Waals surface area contributed by atoms with Crippen molar-refractivity contribution in [2.24, 2.45) is 11.8 Å². The van der Waals surface area contributed by atoms with Crippen molar-refractivity contribution in [1.82, 2.24) is 0 Å². The summed E-state index contributed by atoms with van der Waals surface area (Å²) in [6, 6.07) is 9.26. The topological polar surface area (TPSA) is 168 Å². The largest absolute Gasteiger partial charge is 0.472 e. The van der Waals surface area contributed by atoms with Crippen molar-refractivity contribution in [1.29, 1.82) is 0 Å². The van der Waals surface area contributed by atoms with Gasteiger partial charge in [-0.3, -0.25) is 0 Å². The predicted octanol–water partition coefficient (Wildman–Crippen LogP) is -1.33. The number of hydrogen-bond donors (Lipinski definition) is 5. The third-order valence-electron chi connectivity index (χ3n) is 7.06. The Balaban J connectivity index is 1.31. The summed E-state index contributed by atoms with van der Waals surface area (Å²) in [6.07, 6.45) is -3.78. The third-order valence-corrected chi connectivity index (χ3v) is 7.06. The number of carbonyl (C=O) groups is 1. The van der Waals surface area contributed by atoms with Crippen LogP contribution in [0.1, 0.15) is 5.56 Å². The van der Waals surface area contributed by atoms with Gasteiger partial charge in [-0.05, 0) is 17.7 Å². The van der Waals surface area contributed by atoms with Gasteiger partial charge in [-0.15, -0.1) is 0 Å². The molecule has 4 aliphatic rings. The van der Waals surface area contributed by atoms with Crippen molar-refractivity contribution in [3.05, 3.63) is 54.3 Å². The van der Waals surface area contributed by atoms with Crippen LogP contribution in [0.3, 0.4) is 0 Å². The van der Waals surface area contributed by atoms with Gasteiger partial charge in [0.05, 0.1) is 25.4 Å². The highest BCUT2D eigenvalue weighted by molar-refractivity contribution is 5.87. The van der Waals surface area contributed by atoms with E-state index in [4.69, 9.17) is 23.7 Å². The molecule has 35 heavy (non-hydrogen) atoms. The predicted molar refractivity (Wildman–Crippen MR) is 116 cm³/mol. The van der Waals surface area contributed by atoms with E-state index in [0.29, 0.717) is 0 Å². The summed E-state index contributed by atoms with van der Waals surface area (Å²) in [7, 11) is 0. The van der Waals surface area contributed by atoms with Gasteiger partial charge in [-0.1, -0.05) is 30.3 Å². The molecule has 0 amide bonds. The molecule has 0 spiro atoms. The lowest BCUT2D eigenvalue weighted by molar-refractivity contribution is -0.344. The quantitative estimate of drug-likeness (QED) is 0.174. The second-order valence-electron chi connectivity index (χ2n) is 9.07. The minimum absolute atomic E-state index is 0.390. The zero-order valence-corrected chi connectivity index (χ0v) is 18.6. The van der Waals surface area contributed by atoms with Crippen molar-refractivity contribution in [2.45, 2.75) is 54.8 Å². The molecule has 1 saturated carbocycles. The molecule has 0 bridgehead atoms. The summed E-state index contributed by atoms with van der Waals surface area (Å²) >= 11 is 0. The molecule has 3 heterocycles. The molecule has 11 atom stereocenters. The maximum absolute atomic E-state index is 12.5. The number of fused-ring (bicyclic) bond motifs is 3. The Morgan fingerprint density at radius 3 is 2.54 bits per heavy atom. The van der Waals surface area contributed by atoms with Crippen molar-refractivity contribution in [2.75, 3.05) is 13.2 Å². The summed E-state index contributed by atoms with van der Waals surface area (Å²) in [5, 5.41) is 50.0. The van der Waals surface area contributed by atoms with Gasteiger partial charge < -0.3 is 49.2 Å². The minimum atomic E-state index is -1.63. The first-order valence-electron chi connectivity index (χ1n) is 11.4. The molecular formula is C24H28O11. The lowest BCUT2D eigenvalue weighted by Crippen LogP contribution is -2.60. The standard InChI is InChI=1S/C24H28O11/c25-10-14-17(28)18(29)19(30)23(32-14)34-22-16-13(8-9-31-22)20(21-24(16,11-26)35-21)33-15(27)7-6-12-4-2-1-3-5-12/h1-9,13-14,16-23,25-26,28-30H,10-11H2/b7-6+/t13-,14-,16-,17-,18+,19-,20+,21+,22+,23+,24?/m1/s1. The molecule has 5 N–H and O–H groups in total. The summed E-state index contributed by atoms with van der Waals surface area (Å²) < 4.78 is 28.3. The number of epoxide rings is 1. The first kappa shape index (κ1) is 24.3. The molecule has 2 saturated heterocycles. The molecule has 190 valence electrons. The average Bonchev–Trinajstić information content (AvgIpc) is 3.56. The number of esters is 1. The van der Waals surface area contributed by atoms with Gasteiger partial charge in [-0.2, -0.15) is 0 Å². The Labute approximate surface area is 200 Å². The molecule has 11 nitrogen and oxygen atoms in total. The third kappa shape index (κ3) is 4.28. The van der Waals surface area contributed by atoms with Gasteiger partial charge in [0.1, 0.15) is 42.2 Å². The van der Waals surface area contributed by atoms with Crippen LogP contribution in [0.2, 0.25) is 0 Å². The van der Waals surface area contributed by atoms with Crippen molar-refractivity contribution < 1.29 is 54.0 Å². The Hall–Kier alpha value is -2.35. The number of rotatable bonds is 7. The fourth-order valence-corrected chi connectivity index (χ4v) is 5.19. The lowest BCUT2D eigenvalue weighted by atomic mass is 9.85. The van der Waals surface area contributed by atoms with Crippen LogP contribution >= 0.6 is 0 Å². The number of aliphatic hydroxyl groups is 5. The summed E-state index contributed by atoms with van der Waals surface area (Å²) in [6.45, 7) is -0.999. The molecule has 1 aliphatic carbocycles. The van der Waals surface area contributed by atoms with Crippen LogP contribution in [0, 0.1) is 11.8 Å². The lowest BCUT2D eigenvalue weighted by Gasteiger charge is -2.43. The van der Waals surface area contributed by atoms with E-state index in [1.54, 1.807) is 12.2 Å². The molecule has 1 unspecified atom stereocenters. The maximum atomic E-state index is 12.5. The van der Waals surface area contributed by atoms with E-state index < -0.39 is 85.8 Å². The molecule has 3 fully saturated rings. The molecule has 1 aromatic carbocycles. The Morgan fingerprint density at radius 2 is 1.83 bits per heavy atom. The molecule has 3 aliphatic heterocycles. The van der Waals surface area contributed by atoms with Crippen molar-refractivity contribution in [3.8, 4) is 0 Å². The van der Waals surface area contributed by atoms with Gasteiger partial charge >= 0.3 is 5.97 Å². The monoisotopic (exact) mass is 492 g/mol. The summed E-state index contributed by atoms with van der Waals surface area (Å²) in [5.74, 6) is -1.64. The van der Waals surface area contributed by atoms with Gasteiger partial charge in [0.2, 0.25) is 6.29 Å². The number of carbonyl (C=O) groups excluding carboxylic acids is 1. The van der Waals surface area contributed by atoms with E-state index in [-0.39, 0.29) is 0 Å². The average molecular weight is 492 g/mol. The van der Waals surface area contributed by atoms with Crippen LogP contribution in [-0.4, -0.2) is 99.5 Å². The van der Waals surface area contributed by atoms with E-state index in [1.807, 2.05) is 30.3 Å². The number of ether oxygens (including phenoxy) is 5. The van der Waals surface area contributed by atoms with E-state index in [9.17, 15) is 30.3 Å². The first-order chi connectivity index (χ1) is 16.9. The zero-order chi connectivity index (χ0) is 24.7.